The highest BCUT2D eigenvalue weighted by Crippen LogP contribution is 2.29. The van der Waals surface area contributed by atoms with Crippen LogP contribution >= 0.6 is 0 Å². The number of carbonyl (C=O) groups is 1. The van der Waals surface area contributed by atoms with E-state index in [0.29, 0.717) is 11.5 Å². The molecule has 3 heteroatoms. The number of hydrogen-bond donors (Lipinski definition) is 1. The van der Waals surface area contributed by atoms with E-state index in [1.54, 1.807) is 18.4 Å². The van der Waals surface area contributed by atoms with Crippen molar-refractivity contribution in [1.29, 1.82) is 0 Å². The molecule has 0 bridgehead atoms. The van der Waals surface area contributed by atoms with Gasteiger partial charge in [0, 0.05) is 10.9 Å². The Bertz CT molecular complexity index is 509. The number of aromatic carboxylic acids is 1. The van der Waals surface area contributed by atoms with Gasteiger partial charge >= 0.3 is 5.97 Å². The van der Waals surface area contributed by atoms with Gasteiger partial charge in [0.25, 0.3) is 0 Å². The van der Waals surface area contributed by atoms with Crippen molar-refractivity contribution in [1.82, 2.24) is 0 Å². The highest BCUT2D eigenvalue weighted by molar-refractivity contribution is 6.01. The van der Waals surface area contributed by atoms with E-state index in [-0.39, 0.29) is 5.56 Å². The first kappa shape index (κ1) is 9.77. The summed E-state index contributed by atoms with van der Waals surface area (Å²) in [5.74, 6) is -0.624. The monoisotopic (exact) mass is 204 g/mol. The van der Waals surface area contributed by atoms with E-state index in [4.69, 9.17) is 9.52 Å². The van der Waals surface area contributed by atoms with Crippen molar-refractivity contribution in [2.24, 2.45) is 0 Å². The van der Waals surface area contributed by atoms with Gasteiger partial charge in [-0.1, -0.05) is 26.0 Å². The Kier molecular flexibility index (Phi) is 2.23. The summed E-state index contributed by atoms with van der Waals surface area (Å²) in [6, 6.07) is 5.19. The van der Waals surface area contributed by atoms with Crippen LogP contribution in [0.1, 0.15) is 35.7 Å². The third-order valence-corrected chi connectivity index (χ3v) is 2.48. The van der Waals surface area contributed by atoms with Crippen LogP contribution in [0.5, 0.6) is 0 Å². The number of furan rings is 1. The fraction of sp³-hybridized carbons (Fsp3) is 0.250. The van der Waals surface area contributed by atoms with Crippen molar-refractivity contribution in [3.8, 4) is 0 Å². The number of carboxylic acid groups (broad SMARTS) is 1. The predicted octanol–water partition coefficient (Wildman–Crippen LogP) is 3.25. The van der Waals surface area contributed by atoms with E-state index in [2.05, 4.69) is 13.8 Å². The molecule has 0 saturated heterocycles. The summed E-state index contributed by atoms with van der Waals surface area (Å²) < 4.78 is 5.32. The lowest BCUT2D eigenvalue weighted by Crippen LogP contribution is -1.96. The van der Waals surface area contributed by atoms with E-state index in [0.717, 1.165) is 10.9 Å². The van der Waals surface area contributed by atoms with Crippen molar-refractivity contribution in [2.45, 2.75) is 19.8 Å². The summed E-state index contributed by atoms with van der Waals surface area (Å²) in [5.41, 5.74) is 1.74. The SMILES string of the molecule is CC(C)c1coc2c(C(=O)O)cccc12. The fourth-order valence-corrected chi connectivity index (χ4v) is 1.69. The quantitative estimate of drug-likeness (QED) is 0.816. The van der Waals surface area contributed by atoms with Gasteiger partial charge in [-0.2, -0.15) is 0 Å². The molecule has 1 aromatic heterocycles. The van der Waals surface area contributed by atoms with Crippen LogP contribution in [0.4, 0.5) is 0 Å². The lowest BCUT2D eigenvalue weighted by molar-refractivity contribution is 0.0698. The highest BCUT2D eigenvalue weighted by atomic mass is 16.4. The first-order chi connectivity index (χ1) is 7.11. The number of carboxylic acids is 1. The van der Waals surface area contributed by atoms with E-state index >= 15 is 0 Å². The average Bonchev–Trinajstić information content (AvgIpc) is 2.59. The Morgan fingerprint density at radius 2 is 2.13 bits per heavy atom. The van der Waals surface area contributed by atoms with Crippen LogP contribution in [0.25, 0.3) is 11.0 Å². The maximum atomic E-state index is 10.9. The van der Waals surface area contributed by atoms with Crippen molar-refractivity contribution < 1.29 is 14.3 Å². The lowest BCUT2D eigenvalue weighted by Gasteiger charge is -2.00. The van der Waals surface area contributed by atoms with Crippen LogP contribution in [0.15, 0.2) is 28.9 Å². The number of benzene rings is 1. The first-order valence-electron chi connectivity index (χ1n) is 4.84. The van der Waals surface area contributed by atoms with E-state index in [1.165, 1.54) is 0 Å². The van der Waals surface area contributed by atoms with Crippen LogP contribution in [0, 0.1) is 0 Å². The molecule has 2 aromatic rings. The summed E-state index contributed by atoms with van der Waals surface area (Å²) in [5, 5.41) is 9.86. The van der Waals surface area contributed by atoms with Crippen molar-refractivity contribution in [2.75, 3.05) is 0 Å². The van der Waals surface area contributed by atoms with Gasteiger partial charge in [0.15, 0.2) is 0 Å². The minimum absolute atomic E-state index is 0.222. The number of rotatable bonds is 2. The Balaban J connectivity index is 2.74. The molecule has 1 N–H and O–H groups in total. The standard InChI is InChI=1S/C12H12O3/c1-7(2)10-6-15-11-8(10)4-3-5-9(11)12(13)14/h3-7H,1-2H3,(H,13,14). The van der Waals surface area contributed by atoms with Gasteiger partial charge in [0.2, 0.25) is 0 Å². The smallest absolute Gasteiger partial charge is 0.339 e. The average molecular weight is 204 g/mol. The molecule has 0 amide bonds. The first-order valence-corrected chi connectivity index (χ1v) is 4.84. The molecule has 0 aliphatic carbocycles. The maximum Gasteiger partial charge on any atom is 0.339 e. The Morgan fingerprint density at radius 3 is 2.73 bits per heavy atom. The van der Waals surface area contributed by atoms with Crippen LogP contribution in [-0.2, 0) is 0 Å². The highest BCUT2D eigenvalue weighted by Gasteiger charge is 2.15. The van der Waals surface area contributed by atoms with E-state index in [1.807, 2.05) is 6.07 Å². The minimum atomic E-state index is -0.953. The molecule has 0 spiro atoms. The molecule has 2 rings (SSSR count). The molecule has 0 atom stereocenters. The molecule has 0 unspecified atom stereocenters. The zero-order valence-electron chi connectivity index (χ0n) is 8.65. The summed E-state index contributed by atoms with van der Waals surface area (Å²) in [4.78, 5) is 10.9. The van der Waals surface area contributed by atoms with Gasteiger partial charge in [-0.3, -0.25) is 0 Å². The third-order valence-electron chi connectivity index (χ3n) is 2.48. The Morgan fingerprint density at radius 1 is 1.40 bits per heavy atom. The normalized spacial score (nSPS) is 11.1. The van der Waals surface area contributed by atoms with Gasteiger partial charge in [-0.15, -0.1) is 0 Å². The van der Waals surface area contributed by atoms with E-state index < -0.39 is 5.97 Å². The molecule has 1 heterocycles. The Hall–Kier alpha value is -1.77. The van der Waals surface area contributed by atoms with Gasteiger partial charge in [0.1, 0.15) is 11.1 Å². The van der Waals surface area contributed by atoms with Crippen molar-refractivity contribution >= 4 is 16.9 Å². The van der Waals surface area contributed by atoms with Crippen LogP contribution < -0.4 is 0 Å². The molecule has 78 valence electrons. The second-order valence-corrected chi connectivity index (χ2v) is 3.83. The topological polar surface area (TPSA) is 50.4 Å². The zero-order chi connectivity index (χ0) is 11.0. The molecule has 0 saturated carbocycles. The number of para-hydroxylation sites is 1. The molecule has 3 nitrogen and oxygen atoms in total. The van der Waals surface area contributed by atoms with Crippen LogP contribution in [0.2, 0.25) is 0 Å². The van der Waals surface area contributed by atoms with Gasteiger partial charge < -0.3 is 9.52 Å². The summed E-state index contributed by atoms with van der Waals surface area (Å²) >= 11 is 0. The molecular formula is C12H12O3. The number of fused-ring (bicyclic) bond motifs is 1. The third kappa shape index (κ3) is 1.50. The van der Waals surface area contributed by atoms with Gasteiger partial charge in [-0.05, 0) is 12.0 Å². The lowest BCUT2D eigenvalue weighted by atomic mass is 10.0. The summed E-state index contributed by atoms with van der Waals surface area (Å²) in [7, 11) is 0. The molecule has 0 radical (unpaired) electrons. The molecule has 0 aliphatic heterocycles. The molecular weight excluding hydrogens is 192 g/mol. The van der Waals surface area contributed by atoms with E-state index in [9.17, 15) is 4.79 Å². The van der Waals surface area contributed by atoms with Crippen molar-refractivity contribution in [3.63, 3.8) is 0 Å². The largest absolute Gasteiger partial charge is 0.478 e. The van der Waals surface area contributed by atoms with Gasteiger partial charge in [-0.25, -0.2) is 4.79 Å². The number of hydrogen-bond acceptors (Lipinski definition) is 2. The molecule has 0 aliphatic rings. The van der Waals surface area contributed by atoms with Crippen LogP contribution in [-0.4, -0.2) is 11.1 Å². The zero-order valence-corrected chi connectivity index (χ0v) is 8.65. The predicted molar refractivity (Wildman–Crippen MR) is 57.3 cm³/mol. The Labute approximate surface area is 87.3 Å². The van der Waals surface area contributed by atoms with Crippen molar-refractivity contribution in [3.05, 3.63) is 35.6 Å². The summed E-state index contributed by atoms with van der Waals surface area (Å²) in [6.07, 6.45) is 1.64. The maximum absolute atomic E-state index is 10.9. The summed E-state index contributed by atoms with van der Waals surface area (Å²) in [6.45, 7) is 4.11. The molecule has 1 aromatic carbocycles. The fourth-order valence-electron chi connectivity index (χ4n) is 1.69. The molecule has 0 fully saturated rings. The second-order valence-electron chi connectivity index (χ2n) is 3.83. The second kappa shape index (κ2) is 3.42. The van der Waals surface area contributed by atoms with Crippen LogP contribution in [0.3, 0.4) is 0 Å². The van der Waals surface area contributed by atoms with Gasteiger partial charge in [0.05, 0.1) is 6.26 Å². The molecule has 15 heavy (non-hydrogen) atoms. The minimum Gasteiger partial charge on any atom is -0.478 e.